The summed E-state index contributed by atoms with van der Waals surface area (Å²) in [4.78, 5) is 11.9. The van der Waals surface area contributed by atoms with Crippen LogP contribution in [0.2, 0.25) is 0 Å². The van der Waals surface area contributed by atoms with Crippen LogP contribution in [0.15, 0.2) is 30.3 Å². The van der Waals surface area contributed by atoms with Gasteiger partial charge in [-0.2, -0.15) is 0 Å². The van der Waals surface area contributed by atoms with Crippen molar-refractivity contribution in [3.8, 4) is 0 Å². The highest BCUT2D eigenvalue weighted by Gasteiger charge is 2.42. The van der Waals surface area contributed by atoms with Crippen molar-refractivity contribution in [1.82, 2.24) is 5.32 Å². The molecule has 2 unspecified atom stereocenters. The van der Waals surface area contributed by atoms with Crippen molar-refractivity contribution in [3.63, 3.8) is 0 Å². The fraction of sp³-hybridized carbons (Fsp3) is 0.562. The van der Waals surface area contributed by atoms with E-state index in [9.17, 15) is 4.79 Å². The zero-order valence-electron chi connectivity index (χ0n) is 12.5. The third kappa shape index (κ3) is 3.02. The van der Waals surface area contributed by atoms with Gasteiger partial charge in [0.25, 0.3) is 0 Å². The van der Waals surface area contributed by atoms with E-state index in [1.807, 2.05) is 51.1 Å². The van der Waals surface area contributed by atoms with Gasteiger partial charge in [0, 0.05) is 19.0 Å². The lowest BCUT2D eigenvalue weighted by Crippen LogP contribution is -2.46. The molecular formula is C16H24N2O2. The van der Waals surface area contributed by atoms with E-state index in [4.69, 9.17) is 10.5 Å². The minimum Gasteiger partial charge on any atom is -0.465 e. The third-order valence-corrected chi connectivity index (χ3v) is 3.88. The number of hydrogen-bond acceptors (Lipinski definition) is 4. The zero-order valence-corrected chi connectivity index (χ0v) is 12.5. The molecule has 4 nitrogen and oxygen atoms in total. The number of ether oxygens (including phenoxy) is 1. The molecular weight excluding hydrogens is 252 g/mol. The fourth-order valence-corrected chi connectivity index (χ4v) is 2.47. The fourth-order valence-electron chi connectivity index (χ4n) is 2.47. The van der Waals surface area contributed by atoms with Crippen LogP contribution in [0.1, 0.15) is 26.3 Å². The van der Waals surface area contributed by atoms with Crippen LogP contribution in [0.4, 0.5) is 0 Å². The predicted molar refractivity (Wildman–Crippen MR) is 79.1 cm³/mol. The Bertz CT molecular complexity index is 467. The van der Waals surface area contributed by atoms with Crippen LogP contribution in [-0.4, -0.2) is 25.7 Å². The summed E-state index contributed by atoms with van der Waals surface area (Å²) in [6.45, 7) is 7.39. The number of nitrogens with one attached hydrogen (secondary N) is 1. The average molecular weight is 276 g/mol. The maximum absolute atomic E-state index is 11.9. The smallest absolute Gasteiger partial charge is 0.311 e. The van der Waals surface area contributed by atoms with Gasteiger partial charge < -0.3 is 15.8 Å². The predicted octanol–water partition coefficient (Wildman–Crippen LogP) is 1.65. The summed E-state index contributed by atoms with van der Waals surface area (Å²) >= 11 is 0. The number of esters is 1. The number of benzene rings is 1. The van der Waals surface area contributed by atoms with Crippen LogP contribution < -0.4 is 11.1 Å². The monoisotopic (exact) mass is 276 g/mol. The molecule has 0 aliphatic carbocycles. The molecule has 0 amide bonds. The SMILES string of the molecule is CC(C)(C)C(=O)OCC1CNCC1(N)c1ccccc1. The Balaban J connectivity index is 2.07. The Kier molecular flexibility index (Phi) is 4.16. The lowest BCUT2D eigenvalue weighted by molar-refractivity contribution is -0.154. The van der Waals surface area contributed by atoms with E-state index in [0.29, 0.717) is 13.2 Å². The zero-order chi connectivity index (χ0) is 14.8. The maximum atomic E-state index is 11.9. The molecule has 1 heterocycles. The average Bonchev–Trinajstić information content (AvgIpc) is 2.78. The van der Waals surface area contributed by atoms with Crippen LogP contribution >= 0.6 is 0 Å². The topological polar surface area (TPSA) is 64.3 Å². The first kappa shape index (κ1) is 15.0. The van der Waals surface area contributed by atoms with Gasteiger partial charge >= 0.3 is 5.97 Å². The van der Waals surface area contributed by atoms with E-state index in [1.165, 1.54) is 0 Å². The number of carbonyl (C=O) groups is 1. The summed E-state index contributed by atoms with van der Waals surface area (Å²) in [5.41, 5.74) is 6.70. The van der Waals surface area contributed by atoms with Gasteiger partial charge in [0.05, 0.1) is 17.6 Å². The molecule has 1 aromatic carbocycles. The number of carbonyl (C=O) groups excluding carboxylic acids is 1. The molecule has 1 aliphatic rings. The molecule has 20 heavy (non-hydrogen) atoms. The Morgan fingerprint density at radius 3 is 2.65 bits per heavy atom. The lowest BCUT2D eigenvalue weighted by Gasteiger charge is -2.31. The first-order chi connectivity index (χ1) is 9.34. The minimum atomic E-state index is -0.476. The van der Waals surface area contributed by atoms with Crippen molar-refractivity contribution in [1.29, 1.82) is 0 Å². The Morgan fingerprint density at radius 1 is 1.40 bits per heavy atom. The summed E-state index contributed by atoms with van der Waals surface area (Å²) in [6.07, 6.45) is 0. The normalized spacial score (nSPS) is 26.5. The molecule has 0 radical (unpaired) electrons. The summed E-state index contributed by atoms with van der Waals surface area (Å²) in [5.74, 6) is -0.0870. The van der Waals surface area contributed by atoms with E-state index in [1.54, 1.807) is 0 Å². The van der Waals surface area contributed by atoms with Crippen molar-refractivity contribution in [2.24, 2.45) is 17.1 Å². The highest BCUT2D eigenvalue weighted by Crippen LogP contribution is 2.31. The van der Waals surface area contributed by atoms with Gasteiger partial charge in [-0.05, 0) is 26.3 Å². The van der Waals surface area contributed by atoms with Gasteiger partial charge in [-0.3, -0.25) is 4.79 Å². The van der Waals surface area contributed by atoms with Crippen LogP contribution in [0, 0.1) is 11.3 Å². The van der Waals surface area contributed by atoms with Gasteiger partial charge in [-0.15, -0.1) is 0 Å². The molecule has 1 aromatic rings. The van der Waals surface area contributed by atoms with Gasteiger partial charge in [0.2, 0.25) is 0 Å². The van der Waals surface area contributed by atoms with Gasteiger partial charge in [0.15, 0.2) is 0 Å². The van der Waals surface area contributed by atoms with Crippen LogP contribution in [0.5, 0.6) is 0 Å². The lowest BCUT2D eigenvalue weighted by atomic mass is 9.82. The largest absolute Gasteiger partial charge is 0.465 e. The third-order valence-electron chi connectivity index (χ3n) is 3.88. The maximum Gasteiger partial charge on any atom is 0.311 e. The van der Waals surface area contributed by atoms with Crippen molar-refractivity contribution >= 4 is 5.97 Å². The van der Waals surface area contributed by atoms with Crippen molar-refractivity contribution in [3.05, 3.63) is 35.9 Å². The summed E-state index contributed by atoms with van der Waals surface area (Å²) in [6, 6.07) is 10.0. The van der Waals surface area contributed by atoms with Gasteiger partial charge in [-0.1, -0.05) is 30.3 Å². The Hall–Kier alpha value is -1.39. The minimum absolute atomic E-state index is 0.0937. The van der Waals surface area contributed by atoms with E-state index < -0.39 is 11.0 Å². The molecule has 0 saturated carbocycles. The first-order valence-corrected chi connectivity index (χ1v) is 7.06. The molecule has 110 valence electrons. The molecule has 3 N–H and O–H groups in total. The Morgan fingerprint density at radius 2 is 2.05 bits per heavy atom. The number of hydrogen-bond donors (Lipinski definition) is 2. The quantitative estimate of drug-likeness (QED) is 0.824. The molecule has 0 spiro atoms. The molecule has 1 saturated heterocycles. The standard InChI is InChI=1S/C16H24N2O2/c1-15(2,3)14(19)20-10-13-9-18-11-16(13,17)12-7-5-4-6-8-12/h4-8,13,18H,9-11,17H2,1-3H3. The van der Waals surface area contributed by atoms with Crippen LogP contribution in [-0.2, 0) is 15.1 Å². The molecule has 1 fully saturated rings. The van der Waals surface area contributed by atoms with Gasteiger partial charge in [-0.25, -0.2) is 0 Å². The summed E-state index contributed by atoms with van der Waals surface area (Å²) < 4.78 is 5.45. The van der Waals surface area contributed by atoms with Gasteiger partial charge in [0.1, 0.15) is 0 Å². The van der Waals surface area contributed by atoms with E-state index >= 15 is 0 Å². The molecule has 0 bridgehead atoms. The molecule has 4 heteroatoms. The second kappa shape index (κ2) is 5.54. The van der Waals surface area contributed by atoms with E-state index in [-0.39, 0.29) is 11.9 Å². The highest BCUT2D eigenvalue weighted by atomic mass is 16.5. The van der Waals surface area contributed by atoms with Crippen molar-refractivity contribution in [2.75, 3.05) is 19.7 Å². The first-order valence-electron chi connectivity index (χ1n) is 7.06. The number of rotatable bonds is 3. The van der Waals surface area contributed by atoms with Crippen LogP contribution in [0.3, 0.4) is 0 Å². The van der Waals surface area contributed by atoms with E-state index in [0.717, 1.165) is 12.1 Å². The second-order valence-corrected chi connectivity index (χ2v) is 6.58. The van der Waals surface area contributed by atoms with Crippen molar-refractivity contribution in [2.45, 2.75) is 26.3 Å². The number of nitrogens with two attached hydrogens (primary N) is 1. The molecule has 2 atom stereocenters. The molecule has 2 rings (SSSR count). The molecule has 1 aliphatic heterocycles. The Labute approximate surface area is 120 Å². The van der Waals surface area contributed by atoms with Crippen molar-refractivity contribution < 1.29 is 9.53 Å². The van der Waals surface area contributed by atoms with E-state index in [2.05, 4.69) is 5.32 Å². The van der Waals surface area contributed by atoms with Crippen LogP contribution in [0.25, 0.3) is 0 Å². The highest BCUT2D eigenvalue weighted by molar-refractivity contribution is 5.75. The molecule has 0 aromatic heterocycles. The second-order valence-electron chi connectivity index (χ2n) is 6.58. The summed E-state index contributed by atoms with van der Waals surface area (Å²) in [5, 5.41) is 3.31. The summed E-state index contributed by atoms with van der Waals surface area (Å²) in [7, 11) is 0.